The molecule has 0 radical (unpaired) electrons. The predicted octanol–water partition coefficient (Wildman–Crippen LogP) is 3.32. The predicted molar refractivity (Wildman–Crippen MR) is 125 cm³/mol. The normalized spacial score (nSPS) is 12.1. The van der Waals surface area contributed by atoms with Gasteiger partial charge in [0.2, 0.25) is 5.91 Å². The van der Waals surface area contributed by atoms with Gasteiger partial charge in [0.1, 0.15) is 5.44 Å². The molecule has 0 aromatic carbocycles. The zero-order valence-corrected chi connectivity index (χ0v) is 20.4. The molecule has 6 nitrogen and oxygen atoms in total. The monoisotopic (exact) mass is 448 g/mol. The molecule has 0 fully saturated rings. The number of carbonyl (C=O) groups excluding carboxylic acids is 1. The summed E-state index contributed by atoms with van der Waals surface area (Å²) in [4.78, 5) is 11.5. The van der Waals surface area contributed by atoms with Gasteiger partial charge < -0.3 is 24.8 Å². The van der Waals surface area contributed by atoms with Crippen LogP contribution in [0.5, 0.6) is 0 Å². The number of ether oxygens (including phenoxy) is 3. The van der Waals surface area contributed by atoms with Crippen LogP contribution < -0.4 is 10.6 Å². The van der Waals surface area contributed by atoms with E-state index in [2.05, 4.69) is 50.2 Å². The molecule has 8 heteroatoms. The first-order chi connectivity index (χ1) is 14.0. The van der Waals surface area contributed by atoms with Crippen molar-refractivity contribution in [3.05, 3.63) is 0 Å². The molecule has 170 valence electrons. The molecule has 0 aliphatic carbocycles. The molecular formula is C21H40N2O4S2. The van der Waals surface area contributed by atoms with Crippen molar-refractivity contribution in [2.45, 2.75) is 58.9 Å². The second-order valence-electron chi connectivity index (χ2n) is 6.97. The summed E-state index contributed by atoms with van der Waals surface area (Å²) in [6, 6.07) is 0.529. The summed E-state index contributed by atoms with van der Waals surface area (Å²) in [5.41, 5.74) is 0.166. The fraction of sp³-hybridized carbons (Fsp3) is 0.857. The maximum absolute atomic E-state index is 11.5. The molecule has 0 spiro atoms. The molecule has 0 aromatic heterocycles. The summed E-state index contributed by atoms with van der Waals surface area (Å²) in [5, 5.41) is 6.15. The first-order valence-corrected chi connectivity index (χ1v) is 12.9. The minimum absolute atomic E-state index is 0.0418. The van der Waals surface area contributed by atoms with Crippen LogP contribution in [0.3, 0.4) is 0 Å². The minimum Gasteiger partial charge on any atom is -0.379 e. The first kappa shape index (κ1) is 28.6. The number of hydrogen-bond donors (Lipinski definition) is 2. The first-order valence-electron chi connectivity index (χ1n) is 10.5. The molecule has 1 unspecified atom stereocenters. The van der Waals surface area contributed by atoms with E-state index in [1.807, 2.05) is 17.7 Å². The molecule has 0 aliphatic heterocycles. The number of rotatable bonds is 18. The van der Waals surface area contributed by atoms with Crippen LogP contribution >= 0.6 is 21.6 Å². The average molecular weight is 449 g/mol. The summed E-state index contributed by atoms with van der Waals surface area (Å²) >= 11 is 0. The highest BCUT2D eigenvalue weighted by Crippen LogP contribution is 2.31. The van der Waals surface area contributed by atoms with Gasteiger partial charge in [-0.05, 0) is 5.92 Å². The lowest BCUT2D eigenvalue weighted by molar-refractivity contribution is -0.122. The van der Waals surface area contributed by atoms with Gasteiger partial charge in [-0.15, -0.1) is 5.92 Å². The second-order valence-corrected chi connectivity index (χ2v) is 9.55. The highest BCUT2D eigenvalue weighted by molar-refractivity contribution is 8.76. The van der Waals surface area contributed by atoms with Crippen molar-refractivity contribution in [1.82, 2.24) is 10.6 Å². The van der Waals surface area contributed by atoms with Gasteiger partial charge in [0, 0.05) is 31.2 Å². The molecule has 0 saturated heterocycles. The van der Waals surface area contributed by atoms with Gasteiger partial charge in [-0.1, -0.05) is 62.1 Å². The Morgan fingerprint density at radius 1 is 1.00 bits per heavy atom. The Hall–Kier alpha value is -0.430. The fourth-order valence-corrected chi connectivity index (χ4v) is 4.54. The number of nitrogens with one attached hydrogen (secondary N) is 2. The van der Waals surface area contributed by atoms with Crippen molar-refractivity contribution in [2.75, 3.05) is 51.9 Å². The molecule has 2 N–H and O–H groups in total. The highest BCUT2D eigenvalue weighted by Gasteiger charge is 2.14. The molecule has 0 aliphatic rings. The standard InChI is InChI=1S/C21H40N2O4S2/c1-6-7-8-10-23-20(24)9-12-25-13-14-26-15-16-27-21(18(2)3)29-28-17-11-22-19(4)5/h18-19,21-22H,6,9-17H2,1-5H3,(H,23,24). The van der Waals surface area contributed by atoms with E-state index in [9.17, 15) is 4.79 Å². The van der Waals surface area contributed by atoms with Crippen LogP contribution in [0.1, 0.15) is 47.5 Å². The molecule has 0 aromatic rings. The van der Waals surface area contributed by atoms with Crippen LogP contribution in [-0.4, -0.2) is 69.3 Å². The zero-order valence-electron chi connectivity index (χ0n) is 18.8. The molecule has 0 rings (SSSR count). The molecule has 0 heterocycles. The molecule has 0 saturated carbocycles. The van der Waals surface area contributed by atoms with E-state index < -0.39 is 0 Å². The lowest BCUT2D eigenvalue weighted by atomic mass is 10.2. The lowest BCUT2D eigenvalue weighted by Crippen LogP contribution is -2.25. The van der Waals surface area contributed by atoms with E-state index in [4.69, 9.17) is 14.2 Å². The minimum atomic E-state index is -0.0418. The summed E-state index contributed by atoms with van der Waals surface area (Å²) in [7, 11) is 3.64. The van der Waals surface area contributed by atoms with Crippen LogP contribution in [0.2, 0.25) is 0 Å². The molecular weight excluding hydrogens is 408 g/mol. The quantitative estimate of drug-likeness (QED) is 0.144. The number of hydrogen-bond acceptors (Lipinski definition) is 7. The summed E-state index contributed by atoms with van der Waals surface area (Å²) in [6.45, 7) is 14.5. The lowest BCUT2D eigenvalue weighted by Gasteiger charge is -2.20. The van der Waals surface area contributed by atoms with Gasteiger partial charge in [-0.25, -0.2) is 0 Å². The average Bonchev–Trinajstić information content (AvgIpc) is 2.67. The Balaban J connectivity index is 3.55. The number of carbonyl (C=O) groups is 1. The molecule has 1 amide bonds. The van der Waals surface area contributed by atoms with Crippen molar-refractivity contribution >= 4 is 27.5 Å². The smallest absolute Gasteiger partial charge is 0.223 e. The summed E-state index contributed by atoms with van der Waals surface area (Å²) < 4.78 is 16.9. The Bertz CT molecular complexity index is 454. The van der Waals surface area contributed by atoms with Crippen molar-refractivity contribution in [3.8, 4) is 11.8 Å². The topological polar surface area (TPSA) is 68.8 Å². The molecule has 1 atom stereocenters. The Morgan fingerprint density at radius 3 is 2.34 bits per heavy atom. The zero-order chi connectivity index (χ0) is 21.7. The maximum atomic E-state index is 11.5. The van der Waals surface area contributed by atoms with E-state index in [1.165, 1.54) is 0 Å². The van der Waals surface area contributed by atoms with Crippen LogP contribution in [0, 0.1) is 17.8 Å². The summed E-state index contributed by atoms with van der Waals surface area (Å²) in [6.07, 6.45) is 1.14. The van der Waals surface area contributed by atoms with Gasteiger partial charge in [-0.2, -0.15) is 0 Å². The maximum Gasteiger partial charge on any atom is 0.223 e. The SMILES string of the molecule is CCC#CCNC(=O)CCOCCOCCOC(SSCCNC(C)C)C(C)C. The third kappa shape index (κ3) is 20.6. The molecule has 0 bridgehead atoms. The second kappa shape index (κ2) is 20.8. The van der Waals surface area contributed by atoms with Crippen molar-refractivity contribution in [3.63, 3.8) is 0 Å². The Morgan fingerprint density at radius 2 is 1.69 bits per heavy atom. The van der Waals surface area contributed by atoms with E-state index in [-0.39, 0.29) is 11.3 Å². The van der Waals surface area contributed by atoms with Crippen molar-refractivity contribution in [1.29, 1.82) is 0 Å². The van der Waals surface area contributed by atoms with Gasteiger partial charge in [0.15, 0.2) is 0 Å². The van der Waals surface area contributed by atoms with Crippen molar-refractivity contribution in [2.24, 2.45) is 5.92 Å². The van der Waals surface area contributed by atoms with Crippen LogP contribution in [0.25, 0.3) is 0 Å². The van der Waals surface area contributed by atoms with Gasteiger partial charge in [0.05, 0.1) is 39.6 Å². The summed E-state index contributed by atoms with van der Waals surface area (Å²) in [5.74, 6) is 7.25. The van der Waals surface area contributed by atoms with Crippen LogP contribution in [0.4, 0.5) is 0 Å². The third-order valence-corrected chi connectivity index (χ3v) is 6.33. The van der Waals surface area contributed by atoms with Gasteiger partial charge >= 0.3 is 0 Å². The van der Waals surface area contributed by atoms with E-state index >= 15 is 0 Å². The largest absolute Gasteiger partial charge is 0.379 e. The van der Waals surface area contributed by atoms with Crippen LogP contribution in [0.15, 0.2) is 0 Å². The van der Waals surface area contributed by atoms with Crippen LogP contribution in [-0.2, 0) is 19.0 Å². The molecule has 29 heavy (non-hydrogen) atoms. The van der Waals surface area contributed by atoms with Gasteiger partial charge in [-0.3, -0.25) is 4.79 Å². The van der Waals surface area contributed by atoms with E-state index in [0.717, 1.165) is 18.7 Å². The Kier molecular flexibility index (Phi) is 20.5. The third-order valence-electron chi connectivity index (χ3n) is 3.48. The highest BCUT2D eigenvalue weighted by atomic mass is 33.1. The number of amides is 1. The fourth-order valence-electron chi connectivity index (χ4n) is 1.96. The van der Waals surface area contributed by atoms with E-state index in [0.29, 0.717) is 58.0 Å². The van der Waals surface area contributed by atoms with E-state index in [1.54, 1.807) is 10.8 Å². The van der Waals surface area contributed by atoms with Gasteiger partial charge in [0.25, 0.3) is 0 Å². The Labute approximate surface area is 185 Å². The van der Waals surface area contributed by atoms with Crippen molar-refractivity contribution < 1.29 is 19.0 Å².